The fourth-order valence-electron chi connectivity index (χ4n) is 2.37. The summed E-state index contributed by atoms with van der Waals surface area (Å²) in [6, 6.07) is 14.7. The van der Waals surface area contributed by atoms with Crippen molar-refractivity contribution < 1.29 is 19.0 Å². The topological polar surface area (TPSA) is 44.8 Å². The number of ether oxygens (including phenoxy) is 3. The van der Waals surface area contributed by atoms with E-state index in [1.165, 1.54) is 0 Å². The average molecular weight is 310 g/mol. The lowest BCUT2D eigenvalue weighted by molar-refractivity contribution is -0.130. The van der Waals surface area contributed by atoms with Crippen molar-refractivity contribution in [3.8, 4) is 17.2 Å². The van der Waals surface area contributed by atoms with Gasteiger partial charge in [0.05, 0.1) is 13.2 Å². The highest BCUT2D eigenvalue weighted by Gasteiger charge is 2.17. The molecule has 0 fully saturated rings. The Kier molecular flexibility index (Phi) is 4.62. The molecule has 1 aliphatic rings. The number of rotatable bonds is 4. The molecule has 0 aliphatic carbocycles. The maximum atomic E-state index is 12.4. The first-order valence-electron chi connectivity index (χ1n) is 7.63. The maximum Gasteiger partial charge on any atom is 0.339 e. The number of carbonyl (C=O) groups excluding carboxylic acids is 1. The van der Waals surface area contributed by atoms with Crippen LogP contribution in [0.1, 0.15) is 18.9 Å². The van der Waals surface area contributed by atoms with Crippen LogP contribution in [0.3, 0.4) is 0 Å². The summed E-state index contributed by atoms with van der Waals surface area (Å²) in [7, 11) is 0. The van der Waals surface area contributed by atoms with Crippen LogP contribution >= 0.6 is 0 Å². The molecule has 0 spiro atoms. The molecule has 0 aromatic heterocycles. The van der Waals surface area contributed by atoms with Gasteiger partial charge < -0.3 is 14.2 Å². The molecule has 1 heterocycles. The Morgan fingerprint density at radius 3 is 2.61 bits per heavy atom. The van der Waals surface area contributed by atoms with Gasteiger partial charge in [-0.25, -0.2) is 4.79 Å². The van der Waals surface area contributed by atoms with Crippen molar-refractivity contribution in [3.05, 3.63) is 59.7 Å². The van der Waals surface area contributed by atoms with Crippen LogP contribution < -0.4 is 14.2 Å². The molecule has 4 heteroatoms. The molecule has 3 rings (SSSR count). The number of hydrogen-bond donors (Lipinski definition) is 0. The van der Waals surface area contributed by atoms with Gasteiger partial charge in [0.25, 0.3) is 0 Å². The highest BCUT2D eigenvalue weighted by atomic mass is 16.5. The Morgan fingerprint density at radius 1 is 1.09 bits per heavy atom. The third-order valence-corrected chi connectivity index (χ3v) is 3.49. The van der Waals surface area contributed by atoms with Gasteiger partial charge in [-0.2, -0.15) is 0 Å². The fraction of sp³-hybridized carbons (Fsp3) is 0.211. The Morgan fingerprint density at radius 2 is 1.83 bits per heavy atom. The molecule has 23 heavy (non-hydrogen) atoms. The summed E-state index contributed by atoms with van der Waals surface area (Å²) < 4.78 is 16.5. The molecule has 0 N–H and O–H groups in total. The van der Waals surface area contributed by atoms with E-state index in [9.17, 15) is 4.79 Å². The molecule has 1 aliphatic heterocycles. The molecule has 2 aromatic carbocycles. The summed E-state index contributed by atoms with van der Waals surface area (Å²) >= 11 is 0. The third kappa shape index (κ3) is 3.72. The van der Waals surface area contributed by atoms with Crippen molar-refractivity contribution in [1.82, 2.24) is 0 Å². The van der Waals surface area contributed by atoms with Crippen molar-refractivity contribution in [2.45, 2.75) is 13.3 Å². The van der Waals surface area contributed by atoms with Crippen LogP contribution in [-0.2, 0) is 4.79 Å². The lowest BCUT2D eigenvalue weighted by Gasteiger charge is -2.07. The van der Waals surface area contributed by atoms with Gasteiger partial charge in [0.2, 0.25) is 0 Å². The molecule has 2 aromatic rings. The predicted octanol–water partition coefficient (Wildman–Crippen LogP) is 3.86. The van der Waals surface area contributed by atoms with E-state index in [1.54, 1.807) is 24.3 Å². The third-order valence-electron chi connectivity index (χ3n) is 3.49. The SMILES string of the molecule is CCOc1ccc(OC(=O)C2=Cc3ccccc3OCC2)cc1. The zero-order valence-electron chi connectivity index (χ0n) is 13.0. The predicted molar refractivity (Wildman–Crippen MR) is 87.8 cm³/mol. The average Bonchev–Trinajstić information content (AvgIpc) is 2.79. The number of carbonyl (C=O) groups is 1. The Bertz CT molecular complexity index is 716. The Hall–Kier alpha value is -2.75. The molecule has 0 saturated heterocycles. The van der Waals surface area contributed by atoms with E-state index in [0.29, 0.717) is 31.0 Å². The lowest BCUT2D eigenvalue weighted by Crippen LogP contribution is -2.12. The van der Waals surface area contributed by atoms with Crippen molar-refractivity contribution in [3.63, 3.8) is 0 Å². The van der Waals surface area contributed by atoms with Crippen molar-refractivity contribution in [1.29, 1.82) is 0 Å². The zero-order valence-corrected chi connectivity index (χ0v) is 13.0. The monoisotopic (exact) mass is 310 g/mol. The summed E-state index contributed by atoms with van der Waals surface area (Å²) in [4.78, 5) is 12.4. The number of hydrogen-bond acceptors (Lipinski definition) is 4. The van der Waals surface area contributed by atoms with Crippen LogP contribution in [0.5, 0.6) is 17.2 Å². The molecule has 4 nitrogen and oxygen atoms in total. The first-order chi connectivity index (χ1) is 11.3. The highest BCUT2D eigenvalue weighted by molar-refractivity contribution is 5.95. The van der Waals surface area contributed by atoms with Gasteiger partial charge in [-0.3, -0.25) is 0 Å². The molecule has 0 unspecified atom stereocenters. The minimum absolute atomic E-state index is 0.352. The second kappa shape index (κ2) is 7.01. The normalized spacial score (nSPS) is 13.2. The fourth-order valence-corrected chi connectivity index (χ4v) is 2.37. The summed E-state index contributed by atoms with van der Waals surface area (Å²) in [5.74, 6) is 1.69. The lowest BCUT2D eigenvalue weighted by atomic mass is 10.1. The van der Waals surface area contributed by atoms with E-state index in [1.807, 2.05) is 37.3 Å². The number of benzene rings is 2. The smallest absolute Gasteiger partial charge is 0.339 e. The summed E-state index contributed by atoms with van der Waals surface area (Å²) in [6.45, 7) is 2.99. The van der Waals surface area contributed by atoms with Crippen molar-refractivity contribution in [2.75, 3.05) is 13.2 Å². The summed E-state index contributed by atoms with van der Waals surface area (Å²) in [6.07, 6.45) is 2.35. The summed E-state index contributed by atoms with van der Waals surface area (Å²) in [5.41, 5.74) is 1.49. The number of fused-ring (bicyclic) bond motifs is 1. The maximum absolute atomic E-state index is 12.4. The van der Waals surface area contributed by atoms with E-state index < -0.39 is 0 Å². The highest BCUT2D eigenvalue weighted by Crippen LogP contribution is 2.26. The van der Waals surface area contributed by atoms with Crippen LogP contribution in [0.2, 0.25) is 0 Å². The van der Waals surface area contributed by atoms with E-state index in [4.69, 9.17) is 14.2 Å². The zero-order chi connectivity index (χ0) is 16.1. The minimum atomic E-state index is -0.352. The molecular formula is C19H18O4. The quantitative estimate of drug-likeness (QED) is 0.635. The summed E-state index contributed by atoms with van der Waals surface area (Å²) in [5, 5.41) is 0. The van der Waals surface area contributed by atoms with Crippen LogP contribution in [0.25, 0.3) is 6.08 Å². The van der Waals surface area contributed by atoms with Gasteiger partial charge in [-0.15, -0.1) is 0 Å². The Labute approximate surface area is 135 Å². The molecule has 0 radical (unpaired) electrons. The molecule has 0 amide bonds. The van der Waals surface area contributed by atoms with E-state index in [2.05, 4.69) is 0 Å². The van der Waals surface area contributed by atoms with Gasteiger partial charge in [0, 0.05) is 17.6 Å². The molecule has 0 saturated carbocycles. The Balaban J connectivity index is 1.74. The van der Waals surface area contributed by atoms with Crippen LogP contribution in [-0.4, -0.2) is 19.2 Å². The molecule has 0 atom stereocenters. The molecule has 118 valence electrons. The van der Waals surface area contributed by atoms with Gasteiger partial charge in [0.15, 0.2) is 0 Å². The largest absolute Gasteiger partial charge is 0.494 e. The van der Waals surface area contributed by atoms with Crippen LogP contribution in [0.4, 0.5) is 0 Å². The molecule has 0 bridgehead atoms. The minimum Gasteiger partial charge on any atom is -0.494 e. The van der Waals surface area contributed by atoms with Crippen molar-refractivity contribution >= 4 is 12.0 Å². The van der Waals surface area contributed by atoms with Gasteiger partial charge >= 0.3 is 5.97 Å². The first kappa shape index (κ1) is 15.2. The van der Waals surface area contributed by atoms with Crippen LogP contribution in [0, 0.1) is 0 Å². The second-order valence-corrected chi connectivity index (χ2v) is 5.10. The van der Waals surface area contributed by atoms with Crippen molar-refractivity contribution in [2.24, 2.45) is 0 Å². The number of para-hydroxylation sites is 1. The van der Waals surface area contributed by atoms with Gasteiger partial charge in [-0.05, 0) is 43.3 Å². The first-order valence-corrected chi connectivity index (χ1v) is 7.63. The van der Waals surface area contributed by atoms with Gasteiger partial charge in [0.1, 0.15) is 17.2 Å². The van der Waals surface area contributed by atoms with Crippen LogP contribution in [0.15, 0.2) is 54.1 Å². The van der Waals surface area contributed by atoms with E-state index in [0.717, 1.165) is 17.1 Å². The second-order valence-electron chi connectivity index (χ2n) is 5.10. The molecular weight excluding hydrogens is 292 g/mol. The standard InChI is InChI=1S/C19H18O4/c1-2-21-16-7-9-17(10-8-16)23-19(20)15-11-12-22-18-6-4-3-5-14(18)13-15/h3-10,13H,2,11-12H2,1H3. The van der Waals surface area contributed by atoms with E-state index >= 15 is 0 Å². The van der Waals surface area contributed by atoms with Gasteiger partial charge in [-0.1, -0.05) is 18.2 Å². The van der Waals surface area contributed by atoms with E-state index in [-0.39, 0.29) is 5.97 Å². The number of esters is 1.